The predicted octanol–water partition coefficient (Wildman–Crippen LogP) is 6.58. The smallest absolute Gasteiger partial charge is 0.333 e. The summed E-state index contributed by atoms with van der Waals surface area (Å²) in [6.07, 6.45) is 8.78. The molecular weight excluding hydrogens is 487 g/mol. The Kier molecular flexibility index (Phi) is 10.7. The van der Waals surface area contributed by atoms with Crippen LogP contribution in [0.15, 0.2) is 42.0 Å². The summed E-state index contributed by atoms with van der Waals surface area (Å²) < 4.78 is 10.2. The fourth-order valence-electron chi connectivity index (χ4n) is 6.35. The van der Waals surface area contributed by atoms with Crippen LogP contribution in [-0.4, -0.2) is 26.2 Å². The zero-order valence-corrected chi connectivity index (χ0v) is 23.7. The average molecular weight is 528 g/mol. The molecule has 33 heavy (non-hydrogen) atoms. The molecule has 1 aromatic carbocycles. The molecule has 0 saturated heterocycles. The summed E-state index contributed by atoms with van der Waals surface area (Å²) in [5.41, 5.74) is 3.11. The first-order chi connectivity index (χ1) is 15.3. The number of methoxy groups -OCH3 is 2. The molecule has 1 aromatic rings. The molecule has 3 unspecified atom stereocenters. The Hall–Kier alpha value is -1.13. The molecule has 0 aliphatic heterocycles. The first-order valence-electron chi connectivity index (χ1n) is 12.1. The number of allylic oxidation sites excluding steroid dienone is 1. The first-order valence-corrected chi connectivity index (χ1v) is 12.1. The Morgan fingerprint density at radius 2 is 1.94 bits per heavy atom. The molecule has 0 aromatic heterocycles. The number of rotatable bonds is 10. The minimum atomic E-state index is -0.334. The third-order valence-electron chi connectivity index (χ3n) is 8.12. The van der Waals surface area contributed by atoms with Crippen molar-refractivity contribution in [2.24, 2.45) is 23.2 Å². The standard InChI is InChI=1S/C28H40NO3.Y/c1-19-8-7-17-28(4)25(19)15-16-26(28)20(2)9-10-23(18-21(3)27(30)32-6)29-22-11-13-24(31-5)14-12-22;/h1,11-14,20,23,25-26,29H,3,7-10,15-18H2,2,4-6H3;/q-1;/t20?,23?,25?,26-,28+;/m1./s1. The number of esters is 1. The maximum atomic E-state index is 12.0. The molecular formula is C28H40NO3Y-. The van der Waals surface area contributed by atoms with Gasteiger partial charge in [0, 0.05) is 50.0 Å². The second-order valence-electron chi connectivity index (χ2n) is 10.1. The predicted molar refractivity (Wildman–Crippen MR) is 131 cm³/mol. The average Bonchev–Trinajstić information content (AvgIpc) is 3.15. The van der Waals surface area contributed by atoms with Crippen LogP contribution < -0.4 is 10.1 Å². The van der Waals surface area contributed by atoms with E-state index in [-0.39, 0.29) is 44.7 Å². The van der Waals surface area contributed by atoms with Gasteiger partial charge >= 0.3 is 5.97 Å². The zero-order chi connectivity index (χ0) is 23.3. The van der Waals surface area contributed by atoms with Crippen LogP contribution in [0.1, 0.15) is 65.2 Å². The van der Waals surface area contributed by atoms with E-state index in [4.69, 9.17) is 16.1 Å². The fraction of sp³-hybridized carbons (Fsp3) is 0.607. The monoisotopic (exact) mass is 527 g/mol. The maximum Gasteiger partial charge on any atom is 0.333 e. The van der Waals surface area contributed by atoms with E-state index in [1.165, 1.54) is 38.4 Å². The van der Waals surface area contributed by atoms with Gasteiger partial charge in [-0.05, 0) is 86.0 Å². The molecule has 3 rings (SSSR count). The molecule has 5 atom stereocenters. The molecule has 2 saturated carbocycles. The SMILES string of the molecule is [CH-]=C1CCC[C@@]2(C)C1CC[C@@H]2C(C)CCC(CC(=C)C(=O)OC)Nc1ccc(OC)cc1.[Y]. The van der Waals surface area contributed by atoms with E-state index in [1.807, 2.05) is 24.3 Å². The van der Waals surface area contributed by atoms with Crippen LogP contribution in [-0.2, 0) is 42.2 Å². The number of fused-ring (bicyclic) bond motifs is 1. The van der Waals surface area contributed by atoms with Gasteiger partial charge in [0.05, 0.1) is 14.2 Å². The quantitative estimate of drug-likeness (QED) is 0.212. The molecule has 2 fully saturated rings. The van der Waals surface area contributed by atoms with Crippen molar-refractivity contribution in [3.63, 3.8) is 0 Å². The summed E-state index contributed by atoms with van der Waals surface area (Å²) in [6.45, 7) is 15.3. The zero-order valence-electron chi connectivity index (χ0n) is 20.9. The number of benzene rings is 1. The Morgan fingerprint density at radius 3 is 2.58 bits per heavy atom. The number of hydrogen-bond acceptors (Lipinski definition) is 4. The van der Waals surface area contributed by atoms with E-state index in [9.17, 15) is 4.79 Å². The Bertz CT molecular complexity index is 821. The Morgan fingerprint density at radius 1 is 1.24 bits per heavy atom. The van der Waals surface area contributed by atoms with E-state index in [0.29, 0.717) is 35.2 Å². The molecule has 0 heterocycles. The first kappa shape index (κ1) is 28.1. The van der Waals surface area contributed by atoms with E-state index < -0.39 is 0 Å². The summed E-state index contributed by atoms with van der Waals surface area (Å²) in [5, 5.41) is 3.61. The van der Waals surface area contributed by atoms with Gasteiger partial charge in [-0.25, -0.2) is 4.79 Å². The van der Waals surface area contributed by atoms with E-state index >= 15 is 0 Å². The molecule has 0 bridgehead atoms. The second kappa shape index (κ2) is 12.5. The van der Waals surface area contributed by atoms with E-state index in [0.717, 1.165) is 30.7 Å². The van der Waals surface area contributed by atoms with E-state index in [2.05, 4.69) is 25.7 Å². The van der Waals surface area contributed by atoms with Crippen LogP contribution in [0.3, 0.4) is 0 Å². The largest absolute Gasteiger partial charge is 0.514 e. The molecule has 2 aliphatic rings. The summed E-state index contributed by atoms with van der Waals surface area (Å²) >= 11 is 0. The number of ether oxygens (including phenoxy) is 2. The van der Waals surface area contributed by atoms with Crippen molar-refractivity contribution in [2.75, 3.05) is 19.5 Å². The van der Waals surface area contributed by atoms with Crippen molar-refractivity contribution in [3.05, 3.63) is 48.6 Å². The van der Waals surface area contributed by atoms with Gasteiger partial charge in [-0.15, -0.1) is 0 Å². The van der Waals surface area contributed by atoms with Gasteiger partial charge in [0.2, 0.25) is 0 Å². The number of carbonyl (C=O) groups excluding carboxylic acids is 1. The van der Waals surface area contributed by atoms with Gasteiger partial charge in [-0.3, -0.25) is 5.57 Å². The van der Waals surface area contributed by atoms with Crippen LogP contribution in [0.4, 0.5) is 5.69 Å². The molecule has 2 aliphatic carbocycles. The molecule has 0 amide bonds. The van der Waals surface area contributed by atoms with Crippen molar-refractivity contribution >= 4 is 11.7 Å². The third kappa shape index (κ3) is 6.72. The Labute approximate surface area is 225 Å². The van der Waals surface area contributed by atoms with Crippen molar-refractivity contribution in [2.45, 2.75) is 71.3 Å². The van der Waals surface area contributed by atoms with E-state index in [1.54, 1.807) is 7.11 Å². The van der Waals surface area contributed by atoms with Gasteiger partial charge in [-0.2, -0.15) is 0 Å². The van der Waals surface area contributed by atoms with Crippen LogP contribution in [0.25, 0.3) is 0 Å². The second-order valence-corrected chi connectivity index (χ2v) is 10.1. The normalized spacial score (nSPS) is 25.9. The summed E-state index contributed by atoms with van der Waals surface area (Å²) in [5.74, 6) is 2.40. The molecule has 1 N–H and O–H groups in total. The number of hydrogen-bond donors (Lipinski definition) is 1. The summed E-state index contributed by atoms with van der Waals surface area (Å²) in [6, 6.07) is 8.03. The topological polar surface area (TPSA) is 47.6 Å². The Balaban J connectivity index is 0.00000385. The van der Waals surface area contributed by atoms with Gasteiger partial charge in [0.1, 0.15) is 5.75 Å². The van der Waals surface area contributed by atoms with Gasteiger partial charge < -0.3 is 21.4 Å². The molecule has 1 radical (unpaired) electrons. The molecule has 5 heteroatoms. The minimum absolute atomic E-state index is 0. The molecule has 179 valence electrons. The van der Waals surface area contributed by atoms with Crippen molar-refractivity contribution < 1.29 is 47.0 Å². The van der Waals surface area contributed by atoms with Gasteiger partial charge in [0.15, 0.2) is 0 Å². The number of carbonyl (C=O) groups is 1. The summed E-state index contributed by atoms with van der Waals surface area (Å²) in [7, 11) is 3.07. The molecule has 0 spiro atoms. The van der Waals surface area contributed by atoms with Crippen molar-refractivity contribution in [3.8, 4) is 5.75 Å². The van der Waals surface area contributed by atoms with Crippen LogP contribution in [0.2, 0.25) is 0 Å². The van der Waals surface area contributed by atoms with Crippen LogP contribution in [0.5, 0.6) is 5.75 Å². The fourth-order valence-corrected chi connectivity index (χ4v) is 6.35. The number of nitrogens with one attached hydrogen (secondary N) is 1. The van der Waals surface area contributed by atoms with Gasteiger partial charge in [0.25, 0.3) is 0 Å². The van der Waals surface area contributed by atoms with Gasteiger partial charge in [-0.1, -0.05) is 33.3 Å². The molecule has 4 nitrogen and oxygen atoms in total. The van der Waals surface area contributed by atoms with Crippen molar-refractivity contribution in [1.29, 1.82) is 0 Å². The third-order valence-corrected chi connectivity index (χ3v) is 8.12. The van der Waals surface area contributed by atoms with Crippen LogP contribution >= 0.6 is 0 Å². The summed E-state index contributed by atoms with van der Waals surface area (Å²) in [4.78, 5) is 12.0. The minimum Gasteiger partial charge on any atom is -0.514 e. The number of anilines is 1. The maximum absolute atomic E-state index is 12.0. The van der Waals surface area contributed by atoms with Crippen molar-refractivity contribution in [1.82, 2.24) is 0 Å². The van der Waals surface area contributed by atoms with Crippen LogP contribution in [0, 0.1) is 29.7 Å².